The molecule has 0 unspecified atom stereocenters. The van der Waals surface area contributed by atoms with Gasteiger partial charge in [-0.1, -0.05) is 5.16 Å². The molecule has 1 aliphatic carbocycles. The van der Waals surface area contributed by atoms with Gasteiger partial charge >= 0.3 is 0 Å². The number of rotatable bonds is 6. The van der Waals surface area contributed by atoms with Crippen molar-refractivity contribution in [3.63, 3.8) is 0 Å². The lowest BCUT2D eigenvalue weighted by Gasteiger charge is -2.22. The molecule has 1 saturated heterocycles. The summed E-state index contributed by atoms with van der Waals surface area (Å²) in [6, 6.07) is 7.98. The highest BCUT2D eigenvalue weighted by molar-refractivity contribution is 7.91. The van der Waals surface area contributed by atoms with Crippen LogP contribution in [-0.2, 0) is 9.84 Å². The van der Waals surface area contributed by atoms with Crippen LogP contribution in [0.5, 0.6) is 0 Å². The third-order valence-corrected chi connectivity index (χ3v) is 7.03. The van der Waals surface area contributed by atoms with E-state index >= 15 is 0 Å². The molecule has 4 rings (SSSR count). The van der Waals surface area contributed by atoms with E-state index in [0.29, 0.717) is 11.6 Å². The van der Waals surface area contributed by atoms with Gasteiger partial charge in [-0.05, 0) is 69.0 Å². The number of hydrogen-bond acceptors (Lipinski definition) is 6. The summed E-state index contributed by atoms with van der Waals surface area (Å²) < 4.78 is 30.4. The number of amides is 1. The van der Waals surface area contributed by atoms with Gasteiger partial charge in [0, 0.05) is 17.7 Å². The number of benzene rings is 1. The largest absolute Gasteiger partial charge is 0.360 e. The number of nitrogens with zero attached hydrogens (tertiary/aromatic N) is 1. The minimum atomic E-state index is -3.32. The van der Waals surface area contributed by atoms with Gasteiger partial charge < -0.3 is 15.2 Å². The van der Waals surface area contributed by atoms with Crippen LogP contribution in [-0.4, -0.2) is 38.3 Å². The molecule has 2 aromatic rings. The fraction of sp³-hybridized carbons (Fsp3) is 0.474. The molecule has 2 fully saturated rings. The summed E-state index contributed by atoms with van der Waals surface area (Å²) in [5.74, 6) is 1.14. The molecule has 0 spiro atoms. The van der Waals surface area contributed by atoms with E-state index in [1.165, 1.54) is 0 Å². The molecule has 2 aliphatic rings. The lowest BCUT2D eigenvalue weighted by atomic mass is 10.0. The summed E-state index contributed by atoms with van der Waals surface area (Å²) >= 11 is 0. The summed E-state index contributed by atoms with van der Waals surface area (Å²) in [6.07, 6.45) is 3.91. The molecule has 1 aliphatic heterocycles. The molecule has 1 saturated carbocycles. The van der Waals surface area contributed by atoms with Gasteiger partial charge in [-0.2, -0.15) is 0 Å². The van der Waals surface area contributed by atoms with Gasteiger partial charge in [0.2, 0.25) is 0 Å². The summed E-state index contributed by atoms with van der Waals surface area (Å²) in [5.41, 5.74) is 0.760. The van der Waals surface area contributed by atoms with Crippen molar-refractivity contribution >= 4 is 21.4 Å². The molecule has 8 heteroatoms. The Bertz CT molecular complexity index is 911. The van der Waals surface area contributed by atoms with Crippen molar-refractivity contribution in [2.45, 2.75) is 36.5 Å². The first kappa shape index (κ1) is 18.2. The Balaban J connectivity index is 1.39. The lowest BCUT2D eigenvalue weighted by molar-refractivity contribution is 0.101. The molecule has 27 heavy (non-hydrogen) atoms. The van der Waals surface area contributed by atoms with Crippen LogP contribution in [0.2, 0.25) is 0 Å². The lowest BCUT2D eigenvalue weighted by Crippen LogP contribution is -2.31. The van der Waals surface area contributed by atoms with E-state index in [-0.39, 0.29) is 28.2 Å². The van der Waals surface area contributed by atoms with Gasteiger partial charge in [-0.3, -0.25) is 4.79 Å². The number of nitrogens with one attached hydrogen (secondary N) is 2. The fourth-order valence-electron chi connectivity index (χ4n) is 3.35. The highest BCUT2D eigenvalue weighted by Gasteiger charge is 2.29. The van der Waals surface area contributed by atoms with Crippen molar-refractivity contribution in [2.75, 3.05) is 24.2 Å². The maximum absolute atomic E-state index is 12.6. The quantitative estimate of drug-likeness (QED) is 0.787. The van der Waals surface area contributed by atoms with E-state index in [0.717, 1.165) is 44.5 Å². The smallest absolute Gasteiger partial charge is 0.277 e. The number of anilines is 1. The maximum atomic E-state index is 12.6. The summed E-state index contributed by atoms with van der Waals surface area (Å²) in [7, 11) is -3.32. The second-order valence-corrected chi connectivity index (χ2v) is 9.38. The number of aromatic nitrogens is 1. The zero-order valence-electron chi connectivity index (χ0n) is 15.0. The number of carbonyl (C=O) groups is 1. The first-order chi connectivity index (χ1) is 13.0. The van der Waals surface area contributed by atoms with Crippen LogP contribution in [0.4, 0.5) is 5.69 Å². The van der Waals surface area contributed by atoms with Crippen molar-refractivity contribution in [3.05, 3.63) is 41.8 Å². The van der Waals surface area contributed by atoms with E-state index in [9.17, 15) is 13.2 Å². The zero-order chi connectivity index (χ0) is 18.9. The molecular weight excluding hydrogens is 366 g/mol. The molecule has 0 radical (unpaired) electrons. The summed E-state index contributed by atoms with van der Waals surface area (Å²) in [4.78, 5) is 12.5. The van der Waals surface area contributed by atoms with Crippen LogP contribution in [0.15, 0.2) is 39.8 Å². The Labute approximate surface area is 158 Å². The molecule has 1 amide bonds. The van der Waals surface area contributed by atoms with E-state index in [1.54, 1.807) is 30.3 Å². The standard InChI is InChI=1S/C19H23N3O4S/c23-19(17-11-18(26-22-17)14-1-2-14)21-15-3-5-16(6-4-15)27(24,25)12-13-7-9-20-10-8-13/h3-6,11,13-14,20H,1-2,7-10,12H2,(H,21,23). The predicted molar refractivity (Wildman–Crippen MR) is 101 cm³/mol. The van der Waals surface area contributed by atoms with Gasteiger partial charge in [-0.25, -0.2) is 8.42 Å². The molecule has 2 N–H and O–H groups in total. The van der Waals surface area contributed by atoms with Crippen LogP contribution in [0.25, 0.3) is 0 Å². The highest BCUT2D eigenvalue weighted by atomic mass is 32.2. The summed E-state index contributed by atoms with van der Waals surface area (Å²) in [6.45, 7) is 1.74. The van der Waals surface area contributed by atoms with Crippen molar-refractivity contribution < 1.29 is 17.7 Å². The van der Waals surface area contributed by atoms with E-state index < -0.39 is 9.84 Å². The van der Waals surface area contributed by atoms with Crippen LogP contribution >= 0.6 is 0 Å². The third kappa shape index (κ3) is 4.39. The van der Waals surface area contributed by atoms with E-state index in [1.807, 2.05) is 0 Å². The number of piperidine rings is 1. The van der Waals surface area contributed by atoms with Gasteiger partial charge in [-0.15, -0.1) is 0 Å². The minimum Gasteiger partial charge on any atom is -0.360 e. The van der Waals surface area contributed by atoms with Crippen LogP contribution in [0, 0.1) is 5.92 Å². The molecule has 0 atom stereocenters. The highest BCUT2D eigenvalue weighted by Crippen LogP contribution is 2.40. The van der Waals surface area contributed by atoms with Gasteiger partial charge in [0.15, 0.2) is 15.5 Å². The second kappa shape index (κ2) is 7.44. The van der Waals surface area contributed by atoms with Crippen LogP contribution < -0.4 is 10.6 Å². The number of hydrogen-bond donors (Lipinski definition) is 2. The predicted octanol–water partition coefficient (Wildman–Crippen LogP) is 2.58. The molecular formula is C19H23N3O4S. The Morgan fingerprint density at radius 2 is 1.85 bits per heavy atom. The van der Waals surface area contributed by atoms with Crippen molar-refractivity contribution in [1.29, 1.82) is 0 Å². The Morgan fingerprint density at radius 3 is 2.52 bits per heavy atom. The molecule has 2 heterocycles. The van der Waals surface area contributed by atoms with E-state index in [2.05, 4.69) is 15.8 Å². The zero-order valence-corrected chi connectivity index (χ0v) is 15.8. The van der Waals surface area contributed by atoms with Crippen LogP contribution in [0.3, 0.4) is 0 Å². The average Bonchev–Trinajstić information content (AvgIpc) is 3.39. The molecule has 0 bridgehead atoms. The molecule has 144 valence electrons. The Morgan fingerprint density at radius 1 is 1.15 bits per heavy atom. The molecule has 7 nitrogen and oxygen atoms in total. The Hall–Kier alpha value is -2.19. The van der Waals surface area contributed by atoms with Crippen molar-refractivity contribution in [3.8, 4) is 0 Å². The SMILES string of the molecule is O=C(Nc1ccc(S(=O)(=O)CC2CCNCC2)cc1)c1cc(C2CC2)on1. The second-order valence-electron chi connectivity index (χ2n) is 7.34. The van der Waals surface area contributed by atoms with Gasteiger partial charge in [0.1, 0.15) is 5.76 Å². The summed E-state index contributed by atoms with van der Waals surface area (Å²) in [5, 5.41) is 9.78. The first-order valence-corrected chi connectivity index (χ1v) is 11.0. The Kier molecular flexibility index (Phi) is 5.01. The number of carbonyl (C=O) groups excluding carboxylic acids is 1. The average molecular weight is 389 g/mol. The topological polar surface area (TPSA) is 101 Å². The minimum absolute atomic E-state index is 0.170. The normalized spacial score (nSPS) is 18.4. The third-order valence-electron chi connectivity index (χ3n) is 5.13. The fourth-order valence-corrected chi connectivity index (χ4v) is 5.05. The molecule has 1 aromatic heterocycles. The number of sulfone groups is 1. The van der Waals surface area contributed by atoms with E-state index in [4.69, 9.17) is 4.52 Å². The van der Waals surface area contributed by atoms with Crippen LogP contribution in [0.1, 0.15) is 47.8 Å². The monoisotopic (exact) mass is 389 g/mol. The van der Waals surface area contributed by atoms with Crippen molar-refractivity contribution in [1.82, 2.24) is 10.5 Å². The van der Waals surface area contributed by atoms with Gasteiger partial charge in [0.05, 0.1) is 10.6 Å². The molecule has 1 aromatic carbocycles. The maximum Gasteiger partial charge on any atom is 0.277 e. The van der Waals surface area contributed by atoms with Gasteiger partial charge in [0.25, 0.3) is 5.91 Å². The van der Waals surface area contributed by atoms with Crippen molar-refractivity contribution in [2.24, 2.45) is 5.92 Å². The first-order valence-electron chi connectivity index (χ1n) is 9.33.